The van der Waals surface area contributed by atoms with Crippen molar-refractivity contribution in [3.63, 3.8) is 0 Å². The highest BCUT2D eigenvalue weighted by molar-refractivity contribution is 6.30. The molecule has 0 saturated carbocycles. The maximum absolute atomic E-state index is 12.8. The topological polar surface area (TPSA) is 106 Å². The average Bonchev–Trinajstić information content (AvgIpc) is 2.62. The van der Waals surface area contributed by atoms with Crippen molar-refractivity contribution in [2.75, 3.05) is 12.4 Å². The van der Waals surface area contributed by atoms with E-state index in [2.05, 4.69) is 5.32 Å². The third-order valence-electron chi connectivity index (χ3n) is 3.87. The number of hydrogen-bond donors (Lipinski definition) is 1. The van der Waals surface area contributed by atoms with Gasteiger partial charge < -0.3 is 5.32 Å². The molecule has 8 heteroatoms. The standard InChI is InChI=1S/C17H11ClN2O5/c18-7-8-19-17(23)12-6-5-11-13(14(12)20(24)25)16(22)10-4-2-1-3-9(10)15(11)21/h1-6H,7-8H2,(H,19,23). The molecule has 1 N–H and O–H groups in total. The van der Waals surface area contributed by atoms with Gasteiger partial charge in [0.15, 0.2) is 5.78 Å². The number of alkyl halides is 1. The quantitative estimate of drug-likeness (QED) is 0.437. The van der Waals surface area contributed by atoms with Gasteiger partial charge >= 0.3 is 0 Å². The highest BCUT2D eigenvalue weighted by atomic mass is 35.5. The van der Waals surface area contributed by atoms with Crippen LogP contribution in [0.25, 0.3) is 0 Å². The second kappa shape index (κ2) is 6.45. The summed E-state index contributed by atoms with van der Waals surface area (Å²) in [5.74, 6) is -1.73. The largest absolute Gasteiger partial charge is 0.351 e. The van der Waals surface area contributed by atoms with Gasteiger partial charge in [0.25, 0.3) is 11.6 Å². The number of halogens is 1. The van der Waals surface area contributed by atoms with Gasteiger partial charge in [-0.25, -0.2) is 0 Å². The number of benzene rings is 2. The van der Waals surface area contributed by atoms with E-state index in [0.29, 0.717) is 0 Å². The number of nitro groups is 1. The van der Waals surface area contributed by atoms with Crippen molar-refractivity contribution in [2.24, 2.45) is 0 Å². The molecule has 0 saturated heterocycles. The zero-order valence-corrected chi connectivity index (χ0v) is 13.5. The molecule has 1 amide bonds. The fourth-order valence-electron chi connectivity index (χ4n) is 2.80. The molecular weight excluding hydrogens is 348 g/mol. The fourth-order valence-corrected chi connectivity index (χ4v) is 2.89. The summed E-state index contributed by atoms with van der Waals surface area (Å²) < 4.78 is 0. The Bertz CT molecular complexity index is 939. The van der Waals surface area contributed by atoms with Gasteiger partial charge in [-0.2, -0.15) is 0 Å². The predicted molar refractivity (Wildman–Crippen MR) is 89.5 cm³/mol. The first-order chi connectivity index (χ1) is 12.0. The van der Waals surface area contributed by atoms with Gasteiger partial charge in [-0.3, -0.25) is 24.5 Å². The molecule has 0 fully saturated rings. The van der Waals surface area contributed by atoms with Crippen LogP contribution in [-0.2, 0) is 0 Å². The van der Waals surface area contributed by atoms with Crippen molar-refractivity contribution in [1.29, 1.82) is 0 Å². The Morgan fingerprint density at radius 3 is 2.28 bits per heavy atom. The SMILES string of the molecule is O=C1c2ccccc2C(=O)c2c1ccc(C(=O)NCCCl)c2[N+](=O)[O-]. The van der Waals surface area contributed by atoms with Crippen LogP contribution in [0.3, 0.4) is 0 Å². The minimum absolute atomic E-state index is 0.0794. The molecule has 0 radical (unpaired) electrons. The van der Waals surface area contributed by atoms with Crippen LogP contribution >= 0.6 is 11.6 Å². The Balaban J connectivity index is 2.24. The van der Waals surface area contributed by atoms with Crippen LogP contribution in [0.2, 0.25) is 0 Å². The molecule has 0 aromatic heterocycles. The minimum Gasteiger partial charge on any atom is -0.351 e. The second-order valence-electron chi connectivity index (χ2n) is 5.29. The summed E-state index contributed by atoms with van der Waals surface area (Å²) in [5, 5.41) is 14.0. The Morgan fingerprint density at radius 2 is 1.68 bits per heavy atom. The van der Waals surface area contributed by atoms with Crippen LogP contribution in [0.5, 0.6) is 0 Å². The van der Waals surface area contributed by atoms with Gasteiger partial charge in [0.05, 0.1) is 4.92 Å². The first kappa shape index (κ1) is 16.8. The van der Waals surface area contributed by atoms with Gasteiger partial charge in [-0.15, -0.1) is 11.6 Å². The third-order valence-corrected chi connectivity index (χ3v) is 4.06. The summed E-state index contributed by atoms with van der Waals surface area (Å²) in [6.45, 7) is 0.115. The molecule has 25 heavy (non-hydrogen) atoms. The van der Waals surface area contributed by atoms with Crippen LogP contribution in [0.15, 0.2) is 36.4 Å². The van der Waals surface area contributed by atoms with Gasteiger partial charge in [-0.1, -0.05) is 24.3 Å². The number of hydrogen-bond acceptors (Lipinski definition) is 5. The van der Waals surface area contributed by atoms with E-state index in [1.54, 1.807) is 12.1 Å². The van der Waals surface area contributed by atoms with Crippen LogP contribution in [0.4, 0.5) is 5.69 Å². The minimum atomic E-state index is -0.812. The van der Waals surface area contributed by atoms with E-state index in [0.717, 1.165) is 0 Å². The summed E-state index contributed by atoms with van der Waals surface area (Å²) >= 11 is 5.50. The van der Waals surface area contributed by atoms with E-state index in [4.69, 9.17) is 11.6 Å². The van der Waals surface area contributed by atoms with E-state index in [9.17, 15) is 24.5 Å². The smallest absolute Gasteiger partial charge is 0.294 e. The molecule has 2 aromatic carbocycles. The lowest BCUT2D eigenvalue weighted by atomic mass is 9.82. The van der Waals surface area contributed by atoms with Gasteiger partial charge in [-0.05, 0) is 12.1 Å². The fraction of sp³-hybridized carbons (Fsp3) is 0.118. The second-order valence-corrected chi connectivity index (χ2v) is 5.67. The Kier molecular flexibility index (Phi) is 4.33. The summed E-state index contributed by atoms with van der Waals surface area (Å²) in [5.41, 5.74) is -1.11. The number of fused-ring (bicyclic) bond motifs is 2. The molecule has 1 aliphatic rings. The van der Waals surface area contributed by atoms with Gasteiger partial charge in [0.1, 0.15) is 11.1 Å². The normalized spacial score (nSPS) is 12.4. The Hall–Kier alpha value is -3.06. The molecule has 0 aliphatic heterocycles. The van der Waals surface area contributed by atoms with Crippen LogP contribution in [0, 0.1) is 10.1 Å². The molecule has 2 aromatic rings. The Labute approximate surface area is 146 Å². The number of nitrogens with one attached hydrogen (secondary N) is 1. The first-order valence-electron chi connectivity index (χ1n) is 7.31. The van der Waals surface area contributed by atoms with Crippen molar-refractivity contribution >= 4 is 34.8 Å². The Morgan fingerprint density at radius 1 is 1.04 bits per heavy atom. The van der Waals surface area contributed by atoms with Crippen LogP contribution in [0.1, 0.15) is 42.2 Å². The molecule has 126 valence electrons. The van der Waals surface area contributed by atoms with E-state index < -0.39 is 28.1 Å². The zero-order valence-electron chi connectivity index (χ0n) is 12.7. The van der Waals surface area contributed by atoms with E-state index >= 15 is 0 Å². The molecule has 0 atom stereocenters. The van der Waals surface area contributed by atoms with Crippen LogP contribution in [-0.4, -0.2) is 34.8 Å². The summed E-state index contributed by atoms with van der Waals surface area (Å²) in [6, 6.07) is 8.55. The van der Waals surface area contributed by atoms with E-state index in [-0.39, 0.29) is 40.2 Å². The number of carbonyl (C=O) groups excluding carboxylic acids is 3. The summed E-state index contributed by atoms with van der Waals surface area (Å²) in [7, 11) is 0. The maximum Gasteiger partial charge on any atom is 0.294 e. The lowest BCUT2D eigenvalue weighted by Crippen LogP contribution is -2.28. The molecule has 0 unspecified atom stereocenters. The zero-order chi connectivity index (χ0) is 18.1. The van der Waals surface area contributed by atoms with Crippen molar-refractivity contribution < 1.29 is 19.3 Å². The lowest BCUT2D eigenvalue weighted by Gasteiger charge is -2.18. The molecule has 0 spiro atoms. The van der Waals surface area contributed by atoms with Crippen molar-refractivity contribution in [2.45, 2.75) is 0 Å². The highest BCUT2D eigenvalue weighted by Gasteiger charge is 2.38. The average molecular weight is 359 g/mol. The summed E-state index contributed by atoms with van der Waals surface area (Å²) in [6.07, 6.45) is 0. The number of rotatable bonds is 4. The van der Waals surface area contributed by atoms with E-state index in [1.807, 2.05) is 0 Å². The van der Waals surface area contributed by atoms with Gasteiger partial charge in [0.2, 0.25) is 5.78 Å². The van der Waals surface area contributed by atoms with Crippen LogP contribution < -0.4 is 5.32 Å². The van der Waals surface area contributed by atoms with Crippen molar-refractivity contribution in [1.82, 2.24) is 5.32 Å². The third kappa shape index (κ3) is 2.68. The molecule has 3 rings (SSSR count). The molecule has 1 aliphatic carbocycles. The predicted octanol–water partition coefficient (Wildman–Crippen LogP) is 2.34. The highest BCUT2D eigenvalue weighted by Crippen LogP contribution is 2.35. The molecular formula is C17H11ClN2O5. The van der Waals surface area contributed by atoms with Gasteiger partial charge in [0, 0.05) is 29.1 Å². The number of nitrogens with zero attached hydrogens (tertiary/aromatic N) is 1. The number of ketones is 2. The van der Waals surface area contributed by atoms with Crippen molar-refractivity contribution in [3.8, 4) is 0 Å². The van der Waals surface area contributed by atoms with E-state index in [1.165, 1.54) is 24.3 Å². The molecule has 0 bridgehead atoms. The van der Waals surface area contributed by atoms with Crippen molar-refractivity contribution in [3.05, 3.63) is 74.3 Å². The summed E-state index contributed by atoms with van der Waals surface area (Å²) in [4.78, 5) is 48.3. The maximum atomic E-state index is 12.8. The number of carbonyl (C=O) groups is 3. The monoisotopic (exact) mass is 358 g/mol. The molecule has 7 nitrogen and oxygen atoms in total. The number of nitro benzene ring substituents is 1. The number of amides is 1. The lowest BCUT2D eigenvalue weighted by molar-refractivity contribution is -0.385. The first-order valence-corrected chi connectivity index (χ1v) is 7.84. The molecule has 0 heterocycles.